The van der Waals surface area contributed by atoms with Gasteiger partial charge in [-0.15, -0.1) is 0 Å². The van der Waals surface area contributed by atoms with Gasteiger partial charge in [0.15, 0.2) is 0 Å². The van der Waals surface area contributed by atoms with Crippen LogP contribution in [0.3, 0.4) is 0 Å². The molecule has 0 heterocycles. The third-order valence-electron chi connectivity index (χ3n) is 0.317. The van der Waals surface area contributed by atoms with Gasteiger partial charge in [0.2, 0.25) is 0 Å². The topological polar surface area (TPSA) is 66.8 Å². The average molecular weight is 126 g/mol. The van der Waals surface area contributed by atoms with Gasteiger partial charge in [-0.2, -0.15) is 0 Å². The van der Waals surface area contributed by atoms with Crippen molar-refractivity contribution in [2.75, 3.05) is 13.2 Å². The van der Waals surface area contributed by atoms with Crippen molar-refractivity contribution < 1.29 is 19.1 Å². The maximum Gasteiger partial charge on any atom is 0.316 e. The van der Waals surface area contributed by atoms with E-state index in [-0.39, 0.29) is 13.2 Å². The van der Waals surface area contributed by atoms with Crippen molar-refractivity contribution in [2.24, 2.45) is 0 Å². The van der Waals surface area contributed by atoms with Gasteiger partial charge in [0.05, 0.1) is 13.2 Å². The standard InChI is InChI=1S/C2H7O4P/c3-1-2-6-7(4)5/h3,7H,1-2H2,(H,4,5). The number of hydrogen-bond acceptors (Lipinski definition) is 3. The van der Waals surface area contributed by atoms with Crippen molar-refractivity contribution in [3.05, 3.63) is 0 Å². The summed E-state index contributed by atoms with van der Waals surface area (Å²) in [5.74, 6) is 0. The molecule has 5 heteroatoms. The first-order chi connectivity index (χ1) is 3.27. The van der Waals surface area contributed by atoms with Crippen LogP contribution in [-0.4, -0.2) is 23.2 Å². The van der Waals surface area contributed by atoms with Gasteiger partial charge in [-0.25, -0.2) is 0 Å². The zero-order valence-electron chi connectivity index (χ0n) is 3.63. The lowest BCUT2D eigenvalue weighted by Crippen LogP contribution is -1.90. The van der Waals surface area contributed by atoms with Crippen LogP contribution < -0.4 is 0 Å². The summed E-state index contributed by atoms with van der Waals surface area (Å²) >= 11 is 0. The molecular formula is C2H7O4P. The fraction of sp³-hybridized carbons (Fsp3) is 1.00. The smallest absolute Gasteiger partial charge is 0.316 e. The van der Waals surface area contributed by atoms with Crippen molar-refractivity contribution in [3.63, 3.8) is 0 Å². The Labute approximate surface area is 41.7 Å². The van der Waals surface area contributed by atoms with Gasteiger partial charge in [-0.05, 0) is 0 Å². The molecule has 44 valence electrons. The lowest BCUT2D eigenvalue weighted by molar-refractivity contribution is 0.193. The van der Waals surface area contributed by atoms with Gasteiger partial charge in [-0.3, -0.25) is 4.57 Å². The molecule has 0 aliphatic carbocycles. The second-order valence-corrected chi connectivity index (χ2v) is 1.66. The molecule has 4 nitrogen and oxygen atoms in total. The van der Waals surface area contributed by atoms with Crippen LogP contribution in [0.4, 0.5) is 0 Å². The number of rotatable bonds is 3. The van der Waals surface area contributed by atoms with Crippen molar-refractivity contribution in [3.8, 4) is 0 Å². The largest absolute Gasteiger partial charge is 0.394 e. The minimum atomic E-state index is -2.81. The van der Waals surface area contributed by atoms with E-state index in [9.17, 15) is 4.57 Å². The number of aliphatic hydroxyl groups excluding tert-OH is 1. The Morgan fingerprint density at radius 3 is 2.43 bits per heavy atom. The molecule has 2 N–H and O–H groups in total. The molecule has 0 aliphatic rings. The van der Waals surface area contributed by atoms with Crippen LogP contribution in [0.1, 0.15) is 0 Å². The van der Waals surface area contributed by atoms with Crippen LogP contribution in [-0.2, 0) is 9.09 Å². The molecule has 1 unspecified atom stereocenters. The van der Waals surface area contributed by atoms with Gasteiger partial charge < -0.3 is 14.5 Å². The van der Waals surface area contributed by atoms with Crippen molar-refractivity contribution >= 4 is 8.25 Å². The summed E-state index contributed by atoms with van der Waals surface area (Å²) in [7, 11) is -2.81. The van der Waals surface area contributed by atoms with E-state index >= 15 is 0 Å². The van der Waals surface area contributed by atoms with Crippen LogP contribution in [0.25, 0.3) is 0 Å². The van der Waals surface area contributed by atoms with E-state index in [2.05, 4.69) is 4.52 Å². The van der Waals surface area contributed by atoms with Gasteiger partial charge in [-0.1, -0.05) is 0 Å². The molecule has 0 radical (unpaired) electrons. The quantitative estimate of drug-likeness (QED) is 0.494. The van der Waals surface area contributed by atoms with Crippen LogP contribution in [0.5, 0.6) is 0 Å². The predicted molar refractivity (Wildman–Crippen MR) is 24.3 cm³/mol. The summed E-state index contributed by atoms with van der Waals surface area (Å²) in [6.07, 6.45) is 0. The van der Waals surface area contributed by atoms with Crippen LogP contribution in [0.2, 0.25) is 0 Å². The minimum absolute atomic E-state index is 0.0612. The highest BCUT2D eigenvalue weighted by Crippen LogP contribution is 2.12. The van der Waals surface area contributed by atoms with Crippen LogP contribution >= 0.6 is 8.25 Å². The number of aliphatic hydroxyl groups is 1. The van der Waals surface area contributed by atoms with Crippen molar-refractivity contribution in [2.45, 2.75) is 0 Å². The first kappa shape index (κ1) is 7.11. The fourth-order valence-corrected chi connectivity index (χ4v) is 0.399. The first-order valence-corrected chi connectivity index (χ1v) is 3.00. The van der Waals surface area contributed by atoms with E-state index in [4.69, 9.17) is 10.00 Å². The first-order valence-electron chi connectivity index (χ1n) is 1.74. The van der Waals surface area contributed by atoms with E-state index in [0.29, 0.717) is 0 Å². The molecule has 0 aliphatic heterocycles. The summed E-state index contributed by atoms with van der Waals surface area (Å²) < 4.78 is 13.7. The minimum Gasteiger partial charge on any atom is -0.394 e. The van der Waals surface area contributed by atoms with E-state index in [1.54, 1.807) is 0 Å². The van der Waals surface area contributed by atoms with E-state index < -0.39 is 8.25 Å². The van der Waals surface area contributed by atoms with Gasteiger partial charge in [0.1, 0.15) is 0 Å². The molecule has 0 fully saturated rings. The van der Waals surface area contributed by atoms with Crippen LogP contribution in [0.15, 0.2) is 0 Å². The normalized spacial score (nSPS) is 14.0. The second-order valence-electron chi connectivity index (χ2n) is 0.838. The zero-order chi connectivity index (χ0) is 5.70. The fourth-order valence-electron chi connectivity index (χ4n) is 0.133. The summed E-state index contributed by atoms with van der Waals surface area (Å²) in [6.45, 7) is -0.273. The Morgan fingerprint density at radius 1 is 1.71 bits per heavy atom. The molecule has 0 aromatic carbocycles. The maximum absolute atomic E-state index is 9.61. The molecule has 1 atom stereocenters. The zero-order valence-corrected chi connectivity index (χ0v) is 4.63. The Hall–Kier alpha value is 0.110. The monoisotopic (exact) mass is 126 g/mol. The highest BCUT2D eigenvalue weighted by molar-refractivity contribution is 7.32. The van der Waals surface area contributed by atoms with E-state index in [1.165, 1.54) is 0 Å². The van der Waals surface area contributed by atoms with Gasteiger partial charge in [0, 0.05) is 0 Å². The summed E-state index contributed by atoms with van der Waals surface area (Å²) in [6, 6.07) is 0. The highest BCUT2D eigenvalue weighted by atomic mass is 31.1. The SMILES string of the molecule is O=[PH](O)OCCO. The van der Waals surface area contributed by atoms with E-state index in [1.807, 2.05) is 0 Å². The Morgan fingerprint density at radius 2 is 2.29 bits per heavy atom. The molecule has 0 rings (SSSR count). The molecule has 0 aromatic heterocycles. The van der Waals surface area contributed by atoms with E-state index in [0.717, 1.165) is 0 Å². The summed E-state index contributed by atoms with van der Waals surface area (Å²) in [5.41, 5.74) is 0. The Kier molecular flexibility index (Phi) is 4.34. The molecule has 0 saturated carbocycles. The molecule has 0 spiro atoms. The summed E-state index contributed by atoms with van der Waals surface area (Å²) in [4.78, 5) is 7.90. The van der Waals surface area contributed by atoms with Crippen molar-refractivity contribution in [1.29, 1.82) is 0 Å². The van der Waals surface area contributed by atoms with Gasteiger partial charge >= 0.3 is 8.25 Å². The third kappa shape index (κ3) is 6.11. The van der Waals surface area contributed by atoms with Crippen molar-refractivity contribution in [1.82, 2.24) is 0 Å². The molecule has 0 saturated heterocycles. The third-order valence-corrected chi connectivity index (χ3v) is 0.768. The Bertz CT molecular complexity index is 62.7. The molecule has 0 bridgehead atoms. The molecular weight excluding hydrogens is 119 g/mol. The Balaban J connectivity index is 2.82. The average Bonchev–Trinajstić information content (AvgIpc) is 1.61. The molecule has 0 amide bonds. The predicted octanol–water partition coefficient (Wildman–Crippen LogP) is -0.623. The van der Waals surface area contributed by atoms with Crippen LogP contribution in [0, 0.1) is 0 Å². The molecule has 0 aromatic rings. The van der Waals surface area contributed by atoms with Gasteiger partial charge in [0.25, 0.3) is 0 Å². The lowest BCUT2D eigenvalue weighted by Gasteiger charge is -1.90. The summed E-state index contributed by atoms with van der Waals surface area (Å²) in [5, 5.41) is 7.96. The lowest BCUT2D eigenvalue weighted by atomic mass is 10.8. The number of hydrogen-bond donors (Lipinski definition) is 2. The highest BCUT2D eigenvalue weighted by Gasteiger charge is 1.86. The maximum atomic E-state index is 9.61. The second kappa shape index (κ2) is 4.27. The molecule has 7 heavy (non-hydrogen) atoms.